The highest BCUT2D eigenvalue weighted by Gasteiger charge is 2.39. The number of carbonyl (C=O) groups is 2. The molecule has 1 fully saturated rings. The van der Waals surface area contributed by atoms with Gasteiger partial charge in [0.05, 0.1) is 16.9 Å². The lowest BCUT2D eigenvalue weighted by Gasteiger charge is -2.38. The first kappa shape index (κ1) is 21.7. The number of nitrogens with zero attached hydrogens (tertiary/aromatic N) is 3. The lowest BCUT2D eigenvalue weighted by atomic mass is 10.0. The average molecular weight is 494 g/mol. The van der Waals surface area contributed by atoms with Gasteiger partial charge in [-0.3, -0.25) is 4.79 Å². The molecule has 3 heterocycles. The number of fused-ring (bicyclic) bond motifs is 3. The van der Waals surface area contributed by atoms with Crippen molar-refractivity contribution in [1.82, 2.24) is 10.3 Å². The summed E-state index contributed by atoms with van der Waals surface area (Å²) >= 11 is 3.63. The number of carbonyl (C=O) groups excluding carboxylic acids is 2. The molecular weight excluding hydrogens is 466 g/mol. The van der Waals surface area contributed by atoms with Crippen molar-refractivity contribution in [3.63, 3.8) is 0 Å². The van der Waals surface area contributed by atoms with Crippen LogP contribution in [0.2, 0.25) is 0 Å². The third-order valence-electron chi connectivity index (χ3n) is 5.57. The summed E-state index contributed by atoms with van der Waals surface area (Å²) in [6.07, 6.45) is 0.478. The molecule has 2 N–H and O–H groups in total. The zero-order valence-corrected chi connectivity index (χ0v) is 20.0. The number of halogens is 1. The molecule has 0 aliphatic carbocycles. The van der Waals surface area contributed by atoms with Crippen molar-refractivity contribution < 1.29 is 19.1 Å². The van der Waals surface area contributed by atoms with Crippen LogP contribution < -0.4 is 20.4 Å². The molecule has 10 heteroatoms. The van der Waals surface area contributed by atoms with Crippen molar-refractivity contribution in [3.8, 4) is 5.75 Å². The van der Waals surface area contributed by atoms with Gasteiger partial charge in [0, 0.05) is 17.6 Å². The first-order valence-corrected chi connectivity index (χ1v) is 11.1. The van der Waals surface area contributed by atoms with Crippen LogP contribution in [0, 0.1) is 0 Å². The average Bonchev–Trinajstić information content (AvgIpc) is 3.06. The molecule has 4 rings (SSSR count). The maximum atomic E-state index is 12.5. The monoisotopic (exact) mass is 493 g/mol. The van der Waals surface area contributed by atoms with Gasteiger partial charge in [-0.05, 0) is 69.1 Å². The Morgan fingerprint density at radius 2 is 2.16 bits per heavy atom. The van der Waals surface area contributed by atoms with E-state index in [0.29, 0.717) is 31.3 Å². The Kier molecular flexibility index (Phi) is 5.31. The summed E-state index contributed by atoms with van der Waals surface area (Å²) in [4.78, 5) is 28.3. The molecule has 2 unspecified atom stereocenters. The fraction of sp³-hybridized carbons (Fsp3) is 0.571. The number of anilines is 2. The molecule has 0 aromatic heterocycles. The third kappa shape index (κ3) is 4.30. The normalized spacial score (nSPS) is 25.2. The lowest BCUT2D eigenvalue weighted by molar-refractivity contribution is -0.122. The van der Waals surface area contributed by atoms with Gasteiger partial charge in [-0.2, -0.15) is 5.10 Å². The summed E-state index contributed by atoms with van der Waals surface area (Å²) in [5.74, 6) is 1.19. The molecule has 2 amide bonds. The summed E-state index contributed by atoms with van der Waals surface area (Å²) in [5, 5.41) is 7.72. The number of benzene rings is 1. The maximum absolute atomic E-state index is 12.5. The predicted molar refractivity (Wildman–Crippen MR) is 122 cm³/mol. The molecule has 1 aromatic carbocycles. The lowest BCUT2D eigenvalue weighted by Crippen LogP contribution is -2.55. The second kappa shape index (κ2) is 7.58. The van der Waals surface area contributed by atoms with Crippen LogP contribution in [0.15, 0.2) is 21.7 Å². The van der Waals surface area contributed by atoms with E-state index in [0.717, 1.165) is 22.3 Å². The molecule has 9 nitrogen and oxygen atoms in total. The number of amidine groups is 1. The second-order valence-corrected chi connectivity index (χ2v) is 10.3. The fourth-order valence-corrected chi connectivity index (χ4v) is 4.43. The number of hydrazone groups is 1. The van der Waals surface area contributed by atoms with E-state index >= 15 is 0 Å². The standard InChI is InChI=1S/C21H28BrN5O4/c1-12-18(28)25-24-17-10-30-16-8-13(22)14(9-15(16)27(12)17)23-21(5)6-7-26(11-21)19(29)31-20(2,3)4/h8-9,12,23H,6-7,10-11H2,1-5H3,(H,25,28). The molecule has 0 saturated carbocycles. The molecule has 31 heavy (non-hydrogen) atoms. The minimum Gasteiger partial charge on any atom is -0.483 e. The topological polar surface area (TPSA) is 95.5 Å². The van der Waals surface area contributed by atoms with Crippen LogP contribution in [0.25, 0.3) is 0 Å². The van der Waals surface area contributed by atoms with E-state index in [1.165, 1.54) is 0 Å². The van der Waals surface area contributed by atoms with Crippen molar-refractivity contribution in [2.75, 3.05) is 29.9 Å². The van der Waals surface area contributed by atoms with Crippen LogP contribution in [0.5, 0.6) is 5.75 Å². The zero-order valence-electron chi connectivity index (χ0n) is 18.4. The van der Waals surface area contributed by atoms with Gasteiger partial charge in [0.1, 0.15) is 24.0 Å². The van der Waals surface area contributed by atoms with Crippen LogP contribution in [0.3, 0.4) is 0 Å². The number of hydrogen-bond donors (Lipinski definition) is 2. The van der Waals surface area contributed by atoms with E-state index in [2.05, 4.69) is 38.7 Å². The van der Waals surface area contributed by atoms with Crippen LogP contribution in [-0.2, 0) is 9.53 Å². The Balaban J connectivity index is 1.56. The van der Waals surface area contributed by atoms with Crippen molar-refractivity contribution in [1.29, 1.82) is 0 Å². The summed E-state index contributed by atoms with van der Waals surface area (Å²) in [7, 11) is 0. The van der Waals surface area contributed by atoms with Gasteiger partial charge in [-0.15, -0.1) is 0 Å². The highest BCUT2D eigenvalue weighted by atomic mass is 79.9. The zero-order chi connectivity index (χ0) is 22.6. The number of amides is 2. The van der Waals surface area contributed by atoms with Gasteiger partial charge in [0.25, 0.3) is 5.91 Å². The maximum Gasteiger partial charge on any atom is 0.410 e. The van der Waals surface area contributed by atoms with E-state index in [4.69, 9.17) is 9.47 Å². The SMILES string of the molecule is CC1C(=O)NN=C2COc3cc(Br)c(NC4(C)CCN(C(=O)OC(C)(C)C)C4)cc3N21. The molecule has 0 radical (unpaired) electrons. The first-order chi connectivity index (χ1) is 14.5. The first-order valence-electron chi connectivity index (χ1n) is 10.3. The summed E-state index contributed by atoms with van der Waals surface area (Å²) < 4.78 is 12.2. The number of likely N-dealkylation sites (tertiary alicyclic amines) is 1. The molecule has 1 aromatic rings. The number of hydrogen-bond acceptors (Lipinski definition) is 7. The van der Waals surface area contributed by atoms with Gasteiger partial charge in [-0.25, -0.2) is 10.2 Å². The minimum atomic E-state index is -0.526. The Morgan fingerprint density at radius 3 is 2.87 bits per heavy atom. The molecule has 168 valence electrons. The molecular formula is C21H28BrN5O4. The van der Waals surface area contributed by atoms with E-state index < -0.39 is 11.6 Å². The highest BCUT2D eigenvalue weighted by molar-refractivity contribution is 9.10. The van der Waals surface area contributed by atoms with Gasteiger partial charge in [0.2, 0.25) is 0 Å². The Morgan fingerprint density at radius 1 is 1.42 bits per heavy atom. The largest absolute Gasteiger partial charge is 0.483 e. The van der Waals surface area contributed by atoms with Gasteiger partial charge in [0.15, 0.2) is 5.84 Å². The van der Waals surface area contributed by atoms with E-state index in [-0.39, 0.29) is 17.5 Å². The fourth-order valence-electron chi connectivity index (χ4n) is 4.01. The van der Waals surface area contributed by atoms with Crippen molar-refractivity contribution in [2.45, 2.75) is 58.2 Å². The summed E-state index contributed by atoms with van der Waals surface area (Å²) in [5.41, 5.74) is 3.32. The van der Waals surface area contributed by atoms with Crippen molar-refractivity contribution in [3.05, 3.63) is 16.6 Å². The molecule has 1 saturated heterocycles. The molecule has 0 spiro atoms. The number of nitrogens with one attached hydrogen (secondary N) is 2. The van der Waals surface area contributed by atoms with E-state index in [1.807, 2.05) is 44.7 Å². The van der Waals surface area contributed by atoms with Gasteiger partial charge >= 0.3 is 6.09 Å². The van der Waals surface area contributed by atoms with Crippen molar-refractivity contribution in [2.24, 2.45) is 5.10 Å². The van der Waals surface area contributed by atoms with Crippen LogP contribution in [0.4, 0.5) is 16.2 Å². The highest BCUT2D eigenvalue weighted by Crippen LogP contribution is 2.42. The van der Waals surface area contributed by atoms with Crippen molar-refractivity contribution >= 4 is 45.1 Å². The smallest absolute Gasteiger partial charge is 0.410 e. The minimum absolute atomic E-state index is 0.162. The van der Waals surface area contributed by atoms with Crippen LogP contribution >= 0.6 is 15.9 Å². The summed E-state index contributed by atoms with van der Waals surface area (Å²) in [6, 6.07) is 3.47. The molecule has 3 aliphatic rings. The van der Waals surface area contributed by atoms with Gasteiger partial charge in [-0.1, -0.05) is 0 Å². The predicted octanol–water partition coefficient (Wildman–Crippen LogP) is 3.29. The molecule has 2 atom stereocenters. The Hall–Kier alpha value is -2.49. The molecule has 3 aliphatic heterocycles. The van der Waals surface area contributed by atoms with E-state index in [9.17, 15) is 9.59 Å². The second-order valence-electron chi connectivity index (χ2n) is 9.48. The van der Waals surface area contributed by atoms with E-state index in [1.54, 1.807) is 4.90 Å². The third-order valence-corrected chi connectivity index (χ3v) is 6.22. The summed E-state index contributed by atoms with van der Waals surface area (Å²) in [6.45, 7) is 11.0. The Bertz CT molecular complexity index is 960. The van der Waals surface area contributed by atoms with Crippen LogP contribution in [0.1, 0.15) is 41.0 Å². The Labute approximate surface area is 190 Å². The molecule has 0 bridgehead atoms. The number of rotatable bonds is 2. The number of ether oxygens (including phenoxy) is 2. The van der Waals surface area contributed by atoms with Gasteiger partial charge < -0.3 is 24.6 Å². The van der Waals surface area contributed by atoms with Crippen LogP contribution in [-0.4, -0.2) is 59.6 Å². The quantitative estimate of drug-likeness (QED) is 0.656.